The van der Waals surface area contributed by atoms with E-state index in [1.807, 2.05) is 0 Å². The van der Waals surface area contributed by atoms with Gasteiger partial charge in [0.2, 0.25) is 0 Å². The molecule has 0 saturated carbocycles. The van der Waals surface area contributed by atoms with Gasteiger partial charge in [-0.3, -0.25) is 4.79 Å². The van der Waals surface area contributed by atoms with Crippen molar-refractivity contribution in [2.45, 2.75) is 0 Å². The average Bonchev–Trinajstić information content (AvgIpc) is 1.94. The SMILES string of the molecule is NC(=O)c1ccnc(N)c1F. The zero-order chi connectivity index (χ0) is 8.43. The lowest BCUT2D eigenvalue weighted by atomic mass is 10.2. The maximum absolute atomic E-state index is 12.8. The van der Waals surface area contributed by atoms with E-state index < -0.39 is 11.7 Å². The van der Waals surface area contributed by atoms with Crippen molar-refractivity contribution in [3.63, 3.8) is 0 Å². The Balaban J connectivity index is 3.27. The molecule has 1 rings (SSSR count). The van der Waals surface area contributed by atoms with E-state index in [0.717, 1.165) is 0 Å². The van der Waals surface area contributed by atoms with E-state index in [9.17, 15) is 9.18 Å². The Kier molecular flexibility index (Phi) is 1.72. The van der Waals surface area contributed by atoms with E-state index >= 15 is 0 Å². The summed E-state index contributed by atoms with van der Waals surface area (Å²) >= 11 is 0. The second kappa shape index (κ2) is 2.53. The van der Waals surface area contributed by atoms with Crippen LogP contribution in [0.4, 0.5) is 10.2 Å². The van der Waals surface area contributed by atoms with Gasteiger partial charge in [0, 0.05) is 6.20 Å². The van der Waals surface area contributed by atoms with Crippen LogP contribution in [0.5, 0.6) is 0 Å². The molecule has 0 aliphatic carbocycles. The largest absolute Gasteiger partial charge is 0.381 e. The highest BCUT2D eigenvalue weighted by Gasteiger charge is 2.10. The van der Waals surface area contributed by atoms with Gasteiger partial charge in [-0.15, -0.1) is 0 Å². The second-order valence-electron chi connectivity index (χ2n) is 1.92. The molecule has 0 atom stereocenters. The molecule has 58 valence electrons. The van der Waals surface area contributed by atoms with Crippen LogP contribution in [0.3, 0.4) is 0 Å². The Morgan fingerprint density at radius 2 is 2.27 bits per heavy atom. The number of nitrogen functional groups attached to an aromatic ring is 1. The summed E-state index contributed by atoms with van der Waals surface area (Å²) in [6, 6.07) is 1.17. The minimum absolute atomic E-state index is 0.238. The summed E-state index contributed by atoms with van der Waals surface area (Å²) in [6.07, 6.45) is 1.22. The van der Waals surface area contributed by atoms with Gasteiger partial charge in [0.1, 0.15) is 0 Å². The minimum Gasteiger partial charge on any atom is -0.381 e. The zero-order valence-corrected chi connectivity index (χ0v) is 5.54. The fraction of sp³-hybridized carbons (Fsp3) is 0. The average molecular weight is 155 g/mol. The molecule has 4 N–H and O–H groups in total. The molecule has 0 fully saturated rings. The topological polar surface area (TPSA) is 82.0 Å². The number of nitrogens with two attached hydrogens (primary N) is 2. The summed E-state index contributed by atoms with van der Waals surface area (Å²) in [7, 11) is 0. The molecule has 1 aromatic rings. The van der Waals surface area contributed by atoms with Crippen molar-refractivity contribution in [2.75, 3.05) is 5.73 Å². The first-order valence-electron chi connectivity index (χ1n) is 2.82. The van der Waals surface area contributed by atoms with Crippen LogP contribution < -0.4 is 11.5 Å². The van der Waals surface area contributed by atoms with Crippen molar-refractivity contribution in [3.05, 3.63) is 23.6 Å². The summed E-state index contributed by atoms with van der Waals surface area (Å²) in [4.78, 5) is 13.9. The van der Waals surface area contributed by atoms with Crippen LogP contribution in [-0.2, 0) is 0 Å². The van der Waals surface area contributed by atoms with E-state index in [1.54, 1.807) is 0 Å². The molecule has 11 heavy (non-hydrogen) atoms. The summed E-state index contributed by atoms with van der Waals surface area (Å²) < 4.78 is 12.8. The summed E-state index contributed by atoms with van der Waals surface area (Å²) in [5.41, 5.74) is 9.65. The number of halogens is 1. The summed E-state index contributed by atoms with van der Waals surface area (Å²) in [5, 5.41) is 0. The quantitative estimate of drug-likeness (QED) is 0.594. The maximum Gasteiger partial charge on any atom is 0.251 e. The number of pyridine rings is 1. The molecule has 0 spiro atoms. The molecule has 0 aliphatic rings. The van der Waals surface area contributed by atoms with Gasteiger partial charge >= 0.3 is 0 Å². The zero-order valence-electron chi connectivity index (χ0n) is 5.54. The summed E-state index contributed by atoms with van der Waals surface area (Å²) in [5.74, 6) is -2.03. The number of primary amides is 1. The van der Waals surface area contributed by atoms with E-state index in [0.29, 0.717) is 0 Å². The fourth-order valence-corrected chi connectivity index (χ4v) is 0.650. The van der Waals surface area contributed by atoms with Gasteiger partial charge in [0.25, 0.3) is 5.91 Å². The Hall–Kier alpha value is -1.65. The molecule has 0 bridgehead atoms. The van der Waals surface area contributed by atoms with Crippen LogP contribution in [0.15, 0.2) is 12.3 Å². The minimum atomic E-state index is -0.861. The van der Waals surface area contributed by atoms with Crippen LogP contribution in [0.1, 0.15) is 10.4 Å². The Bertz CT molecular complexity index is 300. The number of carbonyl (C=O) groups excluding carboxylic acids is 1. The van der Waals surface area contributed by atoms with Gasteiger partial charge in [-0.1, -0.05) is 0 Å². The predicted octanol–water partition coefficient (Wildman–Crippen LogP) is -0.0982. The first kappa shape index (κ1) is 7.46. The van der Waals surface area contributed by atoms with Crippen LogP contribution in [0.25, 0.3) is 0 Å². The highest BCUT2D eigenvalue weighted by molar-refractivity contribution is 5.93. The third kappa shape index (κ3) is 1.26. The van der Waals surface area contributed by atoms with Gasteiger partial charge in [-0.2, -0.15) is 0 Å². The fourth-order valence-electron chi connectivity index (χ4n) is 0.650. The number of carbonyl (C=O) groups is 1. The lowest BCUT2D eigenvalue weighted by Gasteiger charge is -1.98. The van der Waals surface area contributed by atoms with Gasteiger partial charge in [0.15, 0.2) is 11.6 Å². The van der Waals surface area contributed by atoms with Crippen LogP contribution in [0.2, 0.25) is 0 Å². The number of hydrogen-bond acceptors (Lipinski definition) is 3. The first-order chi connectivity index (χ1) is 5.13. The van der Waals surface area contributed by atoms with E-state index in [1.165, 1.54) is 12.3 Å². The van der Waals surface area contributed by atoms with E-state index in [-0.39, 0.29) is 11.4 Å². The van der Waals surface area contributed by atoms with Crippen molar-refractivity contribution in [1.82, 2.24) is 4.98 Å². The Labute approximate surface area is 62.0 Å². The highest BCUT2D eigenvalue weighted by atomic mass is 19.1. The molecule has 1 heterocycles. The lowest BCUT2D eigenvalue weighted by molar-refractivity contribution is 0.0996. The maximum atomic E-state index is 12.8. The number of anilines is 1. The van der Waals surface area contributed by atoms with Gasteiger partial charge in [0.05, 0.1) is 5.56 Å². The number of rotatable bonds is 1. The monoisotopic (exact) mass is 155 g/mol. The van der Waals surface area contributed by atoms with Crippen molar-refractivity contribution in [3.8, 4) is 0 Å². The smallest absolute Gasteiger partial charge is 0.251 e. The molecule has 1 amide bonds. The van der Waals surface area contributed by atoms with Crippen molar-refractivity contribution in [2.24, 2.45) is 5.73 Å². The molecule has 0 radical (unpaired) electrons. The molecule has 4 nitrogen and oxygen atoms in total. The van der Waals surface area contributed by atoms with Crippen LogP contribution in [0, 0.1) is 5.82 Å². The standard InChI is InChI=1S/C6H6FN3O/c7-4-3(6(9)11)1-2-10-5(4)8/h1-2H,(H2,8,10)(H2,9,11). The number of amides is 1. The predicted molar refractivity (Wildman–Crippen MR) is 37.1 cm³/mol. The van der Waals surface area contributed by atoms with Crippen molar-refractivity contribution < 1.29 is 9.18 Å². The third-order valence-corrected chi connectivity index (χ3v) is 1.18. The van der Waals surface area contributed by atoms with Gasteiger partial charge in [-0.25, -0.2) is 9.37 Å². The first-order valence-corrected chi connectivity index (χ1v) is 2.82. The lowest BCUT2D eigenvalue weighted by Crippen LogP contribution is -2.14. The summed E-state index contributed by atoms with van der Waals surface area (Å²) in [6.45, 7) is 0. The molecule has 1 aromatic heterocycles. The van der Waals surface area contributed by atoms with Crippen molar-refractivity contribution >= 4 is 11.7 Å². The molecule has 5 heteroatoms. The Morgan fingerprint density at radius 1 is 1.64 bits per heavy atom. The molecular weight excluding hydrogens is 149 g/mol. The molecule has 0 unspecified atom stereocenters. The number of hydrogen-bond donors (Lipinski definition) is 2. The van der Waals surface area contributed by atoms with Crippen LogP contribution in [-0.4, -0.2) is 10.9 Å². The normalized spacial score (nSPS) is 9.55. The molecule has 0 aliphatic heterocycles. The Morgan fingerprint density at radius 3 is 2.73 bits per heavy atom. The van der Waals surface area contributed by atoms with Crippen LogP contribution >= 0.6 is 0 Å². The third-order valence-electron chi connectivity index (χ3n) is 1.18. The van der Waals surface area contributed by atoms with E-state index in [2.05, 4.69) is 4.98 Å². The van der Waals surface area contributed by atoms with Gasteiger partial charge < -0.3 is 11.5 Å². The number of aromatic nitrogens is 1. The highest BCUT2D eigenvalue weighted by Crippen LogP contribution is 2.10. The van der Waals surface area contributed by atoms with Crippen molar-refractivity contribution in [1.29, 1.82) is 0 Å². The molecular formula is C6H6FN3O. The number of nitrogens with zero attached hydrogens (tertiary/aromatic N) is 1. The van der Waals surface area contributed by atoms with Gasteiger partial charge in [-0.05, 0) is 6.07 Å². The molecule has 0 saturated heterocycles. The molecule has 0 aromatic carbocycles. The second-order valence-corrected chi connectivity index (χ2v) is 1.92. The van der Waals surface area contributed by atoms with E-state index in [4.69, 9.17) is 11.5 Å².